The van der Waals surface area contributed by atoms with Crippen molar-refractivity contribution in [1.29, 1.82) is 5.26 Å². The van der Waals surface area contributed by atoms with E-state index in [0.29, 0.717) is 16.8 Å². The Morgan fingerprint density at radius 2 is 1.75 bits per heavy atom. The number of nitrogens with one attached hydrogen (secondary N) is 1. The average Bonchev–Trinajstić information content (AvgIpc) is 2.71. The molecule has 0 aromatic heterocycles. The largest absolute Gasteiger partial charge is 0.456 e. The lowest BCUT2D eigenvalue weighted by Crippen LogP contribution is -2.21. The summed E-state index contributed by atoms with van der Waals surface area (Å²) in [6.07, 6.45) is 1.92. The predicted octanol–water partition coefficient (Wildman–Crippen LogP) is 3.66. The number of Topliss-reactive ketones (excluding diaryl/α,β-unsaturated/α-hetero) is 1. The fourth-order valence-electron chi connectivity index (χ4n) is 2.60. The van der Waals surface area contributed by atoms with Gasteiger partial charge in [0, 0.05) is 12.0 Å². The summed E-state index contributed by atoms with van der Waals surface area (Å²) in [7, 11) is 0. The molecule has 2 rings (SSSR count). The number of esters is 1. The van der Waals surface area contributed by atoms with E-state index in [1.54, 1.807) is 36.4 Å². The van der Waals surface area contributed by atoms with Crippen LogP contribution in [0.25, 0.3) is 0 Å². The average molecular weight is 378 g/mol. The molecule has 144 valence electrons. The maximum absolute atomic E-state index is 12.2. The van der Waals surface area contributed by atoms with Crippen molar-refractivity contribution in [2.45, 2.75) is 32.6 Å². The Hall–Kier alpha value is -3.46. The summed E-state index contributed by atoms with van der Waals surface area (Å²) < 4.78 is 4.90. The molecule has 28 heavy (non-hydrogen) atoms. The Bertz CT molecular complexity index is 882. The molecule has 0 unspecified atom stereocenters. The first-order valence-corrected chi connectivity index (χ1v) is 9.10. The van der Waals surface area contributed by atoms with Crippen molar-refractivity contribution in [1.82, 2.24) is 0 Å². The number of anilines is 1. The van der Waals surface area contributed by atoms with Crippen molar-refractivity contribution in [2.24, 2.45) is 0 Å². The number of para-hydroxylation sites is 1. The molecular formula is C22H22N2O4. The first-order valence-electron chi connectivity index (χ1n) is 9.10. The predicted molar refractivity (Wildman–Crippen MR) is 105 cm³/mol. The van der Waals surface area contributed by atoms with E-state index >= 15 is 0 Å². The number of aryl methyl sites for hydroxylation is 1. The minimum Gasteiger partial charge on any atom is -0.456 e. The van der Waals surface area contributed by atoms with E-state index in [0.717, 1.165) is 12.8 Å². The monoisotopic (exact) mass is 378 g/mol. The zero-order valence-electron chi connectivity index (χ0n) is 15.7. The van der Waals surface area contributed by atoms with Gasteiger partial charge >= 0.3 is 5.97 Å². The number of hydrogen-bond acceptors (Lipinski definition) is 5. The van der Waals surface area contributed by atoms with Crippen LogP contribution in [0.5, 0.6) is 0 Å². The van der Waals surface area contributed by atoms with Crippen LogP contribution in [-0.2, 0) is 20.7 Å². The molecule has 2 aromatic rings. The summed E-state index contributed by atoms with van der Waals surface area (Å²) in [5, 5.41) is 11.5. The van der Waals surface area contributed by atoms with Crippen molar-refractivity contribution in [3.63, 3.8) is 0 Å². The van der Waals surface area contributed by atoms with E-state index in [4.69, 9.17) is 10.00 Å². The first-order chi connectivity index (χ1) is 13.5. The Morgan fingerprint density at radius 1 is 1.04 bits per heavy atom. The number of nitriles is 1. The number of amides is 1. The maximum atomic E-state index is 12.2. The van der Waals surface area contributed by atoms with Crippen LogP contribution in [0.2, 0.25) is 0 Å². The molecule has 0 saturated carbocycles. The molecular weight excluding hydrogens is 356 g/mol. The van der Waals surface area contributed by atoms with Crippen LogP contribution in [-0.4, -0.2) is 24.3 Å². The summed E-state index contributed by atoms with van der Waals surface area (Å²) in [4.78, 5) is 35.8. The molecule has 0 heterocycles. The minimum absolute atomic E-state index is 0.0187. The molecule has 0 aliphatic heterocycles. The molecule has 6 nitrogen and oxygen atoms in total. The van der Waals surface area contributed by atoms with Gasteiger partial charge in [0.25, 0.3) is 5.91 Å². The van der Waals surface area contributed by atoms with E-state index in [9.17, 15) is 14.4 Å². The molecule has 6 heteroatoms. The van der Waals surface area contributed by atoms with Gasteiger partial charge in [-0.25, -0.2) is 0 Å². The van der Waals surface area contributed by atoms with E-state index in [-0.39, 0.29) is 18.6 Å². The second-order valence-electron chi connectivity index (χ2n) is 6.24. The molecule has 0 radical (unpaired) electrons. The van der Waals surface area contributed by atoms with Crippen LogP contribution in [0, 0.1) is 11.3 Å². The van der Waals surface area contributed by atoms with Crippen molar-refractivity contribution >= 4 is 23.3 Å². The fourth-order valence-corrected chi connectivity index (χ4v) is 2.60. The fraction of sp³-hybridized carbons (Fsp3) is 0.273. The lowest BCUT2D eigenvalue weighted by molar-refractivity contribution is -0.147. The molecule has 0 aliphatic carbocycles. The molecule has 0 fully saturated rings. The Labute approximate surface area is 164 Å². The second-order valence-corrected chi connectivity index (χ2v) is 6.24. The summed E-state index contributed by atoms with van der Waals surface area (Å²) in [6.45, 7) is 1.62. The van der Waals surface area contributed by atoms with Crippen LogP contribution in [0.15, 0.2) is 48.5 Å². The topological polar surface area (TPSA) is 96.3 Å². The number of carbonyl (C=O) groups is 3. The Balaban J connectivity index is 1.75. The molecule has 0 bridgehead atoms. The smallest absolute Gasteiger partial charge is 0.306 e. The van der Waals surface area contributed by atoms with Crippen molar-refractivity contribution in [2.75, 3.05) is 11.9 Å². The quantitative estimate of drug-likeness (QED) is 0.531. The summed E-state index contributed by atoms with van der Waals surface area (Å²) in [5.41, 5.74) is 2.39. The van der Waals surface area contributed by atoms with Crippen molar-refractivity contribution in [3.05, 3.63) is 65.2 Å². The van der Waals surface area contributed by atoms with Crippen LogP contribution in [0.4, 0.5) is 5.69 Å². The summed E-state index contributed by atoms with van der Waals surface area (Å²) in [5.74, 6) is -1.32. The highest BCUT2D eigenvalue weighted by Crippen LogP contribution is 2.13. The highest BCUT2D eigenvalue weighted by Gasteiger charge is 2.13. The van der Waals surface area contributed by atoms with Crippen molar-refractivity contribution in [3.8, 4) is 6.07 Å². The Morgan fingerprint density at radius 3 is 2.43 bits per heavy atom. The van der Waals surface area contributed by atoms with Gasteiger partial charge in [0.1, 0.15) is 6.07 Å². The van der Waals surface area contributed by atoms with E-state index in [1.165, 1.54) is 5.56 Å². The normalized spacial score (nSPS) is 10.0. The molecule has 0 atom stereocenters. The van der Waals surface area contributed by atoms with Crippen LogP contribution in [0.1, 0.15) is 47.7 Å². The van der Waals surface area contributed by atoms with Gasteiger partial charge in [0.15, 0.2) is 12.4 Å². The molecule has 0 spiro atoms. The number of nitrogens with zero attached hydrogens (tertiary/aromatic N) is 1. The third-order valence-electron chi connectivity index (χ3n) is 4.06. The molecule has 0 saturated heterocycles. The second kappa shape index (κ2) is 10.6. The van der Waals surface area contributed by atoms with Gasteiger partial charge in [-0.1, -0.05) is 49.7 Å². The van der Waals surface area contributed by atoms with Gasteiger partial charge in [-0.3, -0.25) is 14.4 Å². The van der Waals surface area contributed by atoms with Gasteiger partial charge in [0.05, 0.1) is 17.7 Å². The Kier molecular flexibility index (Phi) is 7.92. The number of rotatable bonds is 9. The molecule has 1 amide bonds. The van der Waals surface area contributed by atoms with Gasteiger partial charge < -0.3 is 10.1 Å². The summed E-state index contributed by atoms with van der Waals surface area (Å²) in [6, 6.07) is 15.8. The third kappa shape index (κ3) is 6.36. The number of benzene rings is 2. The van der Waals surface area contributed by atoms with Gasteiger partial charge in [-0.05, 0) is 24.1 Å². The first kappa shape index (κ1) is 20.8. The van der Waals surface area contributed by atoms with Gasteiger partial charge in [-0.2, -0.15) is 5.26 Å². The molecule has 2 aromatic carbocycles. The standard InChI is InChI=1S/C22H22N2O4/c1-2-5-16-8-10-17(11-9-16)20(25)12-13-22(27)28-15-21(26)24-19-7-4-3-6-18(19)14-23/h3-4,6-11H,2,5,12-13,15H2,1H3,(H,24,26). The highest BCUT2D eigenvalue weighted by atomic mass is 16.5. The summed E-state index contributed by atoms with van der Waals surface area (Å²) >= 11 is 0. The zero-order chi connectivity index (χ0) is 20.4. The highest BCUT2D eigenvalue weighted by molar-refractivity contribution is 5.98. The molecule has 1 N–H and O–H groups in total. The number of carbonyl (C=O) groups excluding carboxylic acids is 3. The van der Waals surface area contributed by atoms with E-state index in [2.05, 4.69) is 12.2 Å². The van der Waals surface area contributed by atoms with Crippen LogP contribution < -0.4 is 5.32 Å². The van der Waals surface area contributed by atoms with E-state index < -0.39 is 18.5 Å². The SMILES string of the molecule is CCCc1ccc(C(=O)CCC(=O)OCC(=O)Nc2ccccc2C#N)cc1. The number of ketones is 1. The minimum atomic E-state index is -0.625. The van der Waals surface area contributed by atoms with Gasteiger partial charge in [0.2, 0.25) is 0 Å². The lowest BCUT2D eigenvalue weighted by atomic mass is 10.0. The third-order valence-corrected chi connectivity index (χ3v) is 4.06. The van der Waals surface area contributed by atoms with E-state index in [1.807, 2.05) is 18.2 Å². The number of ether oxygens (including phenoxy) is 1. The van der Waals surface area contributed by atoms with Crippen LogP contribution >= 0.6 is 0 Å². The molecule has 0 aliphatic rings. The van der Waals surface area contributed by atoms with Crippen molar-refractivity contribution < 1.29 is 19.1 Å². The van der Waals surface area contributed by atoms with Crippen LogP contribution in [0.3, 0.4) is 0 Å². The zero-order valence-corrected chi connectivity index (χ0v) is 15.7. The maximum Gasteiger partial charge on any atom is 0.306 e. The lowest BCUT2D eigenvalue weighted by Gasteiger charge is -2.08. The number of hydrogen-bond donors (Lipinski definition) is 1. The van der Waals surface area contributed by atoms with Gasteiger partial charge in [-0.15, -0.1) is 0 Å².